The number of carbonyl (C=O) groups is 2. The molecule has 9 heteroatoms. The van der Waals surface area contributed by atoms with Gasteiger partial charge >= 0.3 is 6.18 Å². The van der Waals surface area contributed by atoms with Crippen molar-refractivity contribution in [3.8, 4) is 5.69 Å². The molecule has 2 rings (SSSR count). The van der Waals surface area contributed by atoms with Crippen LogP contribution in [0.2, 0.25) is 0 Å². The Hall–Kier alpha value is -2.84. The summed E-state index contributed by atoms with van der Waals surface area (Å²) in [6.45, 7) is 0. The van der Waals surface area contributed by atoms with E-state index in [1.165, 1.54) is 30.5 Å². The van der Waals surface area contributed by atoms with Gasteiger partial charge in [0.15, 0.2) is 5.69 Å². The van der Waals surface area contributed by atoms with Gasteiger partial charge in [-0.3, -0.25) is 4.79 Å². The second kappa shape index (κ2) is 7.16. The summed E-state index contributed by atoms with van der Waals surface area (Å²) in [6.07, 6.45) is -3.32. The first-order chi connectivity index (χ1) is 11.3. The van der Waals surface area contributed by atoms with Crippen LogP contribution >= 0.6 is 0 Å². The van der Waals surface area contributed by atoms with Crippen molar-refractivity contribution in [2.75, 3.05) is 5.32 Å². The van der Waals surface area contributed by atoms with Gasteiger partial charge < -0.3 is 15.2 Å². The first-order valence-corrected chi connectivity index (χ1v) is 6.99. The van der Waals surface area contributed by atoms with Gasteiger partial charge in [0.05, 0.1) is 5.69 Å². The third-order valence-corrected chi connectivity index (χ3v) is 3.08. The normalized spacial score (nSPS) is 11.3. The van der Waals surface area contributed by atoms with Crippen molar-refractivity contribution in [3.05, 3.63) is 42.2 Å². The summed E-state index contributed by atoms with van der Waals surface area (Å²) in [5, 5.41) is 16.3. The van der Waals surface area contributed by atoms with Crippen molar-refractivity contribution in [3.63, 3.8) is 0 Å². The quantitative estimate of drug-likeness (QED) is 0.868. The Labute approximate surface area is 134 Å². The Morgan fingerprint density at radius 3 is 2.33 bits per heavy atom. The molecule has 1 aromatic carbocycles. The van der Waals surface area contributed by atoms with Crippen molar-refractivity contribution in [2.45, 2.75) is 25.4 Å². The molecule has 0 aliphatic heterocycles. The number of carbonyl (C=O) groups excluding carboxylic acids is 2. The first kappa shape index (κ1) is 17.5. The number of benzene rings is 1. The van der Waals surface area contributed by atoms with Crippen LogP contribution in [0.25, 0.3) is 5.69 Å². The van der Waals surface area contributed by atoms with Crippen molar-refractivity contribution in [1.29, 1.82) is 0 Å². The predicted octanol–water partition coefficient (Wildman–Crippen LogP) is 1.75. The summed E-state index contributed by atoms with van der Waals surface area (Å²) in [6, 6.07) is 6.91. The molecule has 0 spiro atoms. The lowest BCUT2D eigenvalue weighted by atomic mass is 10.2. The molecule has 0 fully saturated rings. The van der Waals surface area contributed by atoms with Gasteiger partial charge in [-0.15, -0.1) is 0 Å². The number of aliphatic carboxylic acids is 1. The third kappa shape index (κ3) is 4.83. The van der Waals surface area contributed by atoms with Crippen LogP contribution in [0.5, 0.6) is 0 Å². The van der Waals surface area contributed by atoms with Crippen LogP contribution in [0.3, 0.4) is 0 Å². The van der Waals surface area contributed by atoms with Crippen LogP contribution in [0.15, 0.2) is 36.5 Å². The molecule has 0 bridgehead atoms. The summed E-state index contributed by atoms with van der Waals surface area (Å²) in [7, 11) is 0. The highest BCUT2D eigenvalue weighted by Gasteiger charge is 2.33. The number of rotatable bonds is 6. The minimum atomic E-state index is -4.51. The highest BCUT2D eigenvalue weighted by atomic mass is 19.4. The minimum Gasteiger partial charge on any atom is -0.550 e. The minimum absolute atomic E-state index is 0.0316. The number of alkyl halides is 3. The SMILES string of the molecule is O=C([O-])CCCC(=O)Nc1ccc(-n2ccc(C(F)(F)F)n2)cc1. The monoisotopic (exact) mass is 340 g/mol. The maximum Gasteiger partial charge on any atom is 0.435 e. The highest BCUT2D eigenvalue weighted by molar-refractivity contribution is 5.90. The Morgan fingerprint density at radius 2 is 1.79 bits per heavy atom. The molecule has 6 nitrogen and oxygen atoms in total. The molecule has 1 N–H and O–H groups in total. The second-order valence-corrected chi connectivity index (χ2v) is 4.96. The van der Waals surface area contributed by atoms with E-state index in [1.807, 2.05) is 0 Å². The Bertz CT molecular complexity index is 724. The summed E-state index contributed by atoms with van der Waals surface area (Å²) in [5.41, 5.74) is -0.145. The smallest absolute Gasteiger partial charge is 0.435 e. The fraction of sp³-hybridized carbons (Fsp3) is 0.267. The summed E-state index contributed by atoms with van der Waals surface area (Å²) in [5.74, 6) is -1.58. The zero-order valence-corrected chi connectivity index (χ0v) is 12.3. The van der Waals surface area contributed by atoms with Crippen LogP contribution in [0.4, 0.5) is 18.9 Å². The van der Waals surface area contributed by atoms with Gasteiger partial charge in [-0.25, -0.2) is 4.68 Å². The molecular formula is C15H13F3N3O3-. The van der Waals surface area contributed by atoms with E-state index >= 15 is 0 Å². The van der Waals surface area contributed by atoms with E-state index in [1.54, 1.807) is 0 Å². The number of carboxylic acid groups (broad SMARTS) is 1. The van der Waals surface area contributed by atoms with Gasteiger partial charge in [0.2, 0.25) is 5.91 Å². The fourth-order valence-corrected chi connectivity index (χ4v) is 1.93. The summed E-state index contributed by atoms with van der Waals surface area (Å²) in [4.78, 5) is 21.8. The van der Waals surface area contributed by atoms with Crippen molar-refractivity contribution in [1.82, 2.24) is 9.78 Å². The zero-order chi connectivity index (χ0) is 17.7. The van der Waals surface area contributed by atoms with E-state index in [-0.39, 0.29) is 25.2 Å². The van der Waals surface area contributed by atoms with Crippen LogP contribution < -0.4 is 10.4 Å². The first-order valence-electron chi connectivity index (χ1n) is 6.99. The molecule has 0 aliphatic rings. The maximum absolute atomic E-state index is 12.5. The maximum atomic E-state index is 12.5. The van der Waals surface area contributed by atoms with Gasteiger partial charge in [0.25, 0.3) is 0 Å². The Kier molecular flexibility index (Phi) is 5.22. The van der Waals surface area contributed by atoms with Gasteiger partial charge in [-0.1, -0.05) is 0 Å². The van der Waals surface area contributed by atoms with Gasteiger partial charge in [0, 0.05) is 24.3 Å². The summed E-state index contributed by atoms with van der Waals surface area (Å²) >= 11 is 0. The van der Waals surface area contributed by atoms with E-state index in [0.717, 1.165) is 10.7 Å². The average Bonchev–Trinajstić information content (AvgIpc) is 2.97. The van der Waals surface area contributed by atoms with Crippen molar-refractivity contribution >= 4 is 17.6 Å². The zero-order valence-electron chi connectivity index (χ0n) is 12.3. The largest absolute Gasteiger partial charge is 0.550 e. The number of hydrogen-bond acceptors (Lipinski definition) is 4. The standard InChI is InChI=1S/C15H14F3N3O3/c16-15(17,18)12-8-9-21(20-12)11-6-4-10(5-7-11)19-13(22)2-1-3-14(23)24/h4-9H,1-3H2,(H,19,22)(H,23,24)/p-1. The number of hydrogen-bond donors (Lipinski definition) is 1. The topological polar surface area (TPSA) is 87.0 Å². The molecule has 0 aliphatic carbocycles. The molecule has 128 valence electrons. The fourth-order valence-electron chi connectivity index (χ4n) is 1.93. The Balaban J connectivity index is 1.96. The number of carboxylic acids is 1. The highest BCUT2D eigenvalue weighted by Crippen LogP contribution is 2.28. The molecule has 1 heterocycles. The van der Waals surface area contributed by atoms with Gasteiger partial charge in [-0.2, -0.15) is 18.3 Å². The molecule has 0 saturated carbocycles. The lowest BCUT2D eigenvalue weighted by Crippen LogP contribution is -2.22. The number of amides is 1. The van der Waals surface area contributed by atoms with Gasteiger partial charge in [-0.05, 0) is 43.2 Å². The molecule has 24 heavy (non-hydrogen) atoms. The van der Waals surface area contributed by atoms with Gasteiger partial charge in [0.1, 0.15) is 0 Å². The van der Waals surface area contributed by atoms with Crippen LogP contribution in [0.1, 0.15) is 25.0 Å². The molecule has 0 unspecified atom stereocenters. The van der Waals surface area contributed by atoms with E-state index < -0.39 is 17.8 Å². The third-order valence-electron chi connectivity index (χ3n) is 3.08. The van der Waals surface area contributed by atoms with E-state index in [2.05, 4.69) is 10.4 Å². The number of aromatic nitrogens is 2. The lowest BCUT2D eigenvalue weighted by molar-refractivity contribution is -0.305. The van der Waals surface area contributed by atoms with Crippen molar-refractivity contribution in [2.24, 2.45) is 0 Å². The number of nitrogens with one attached hydrogen (secondary N) is 1. The molecule has 1 amide bonds. The molecule has 1 aromatic heterocycles. The van der Waals surface area contributed by atoms with Crippen molar-refractivity contribution < 1.29 is 27.9 Å². The number of anilines is 1. The second-order valence-electron chi connectivity index (χ2n) is 4.96. The van der Waals surface area contributed by atoms with Crippen LogP contribution in [0, 0.1) is 0 Å². The predicted molar refractivity (Wildman–Crippen MR) is 76.1 cm³/mol. The molecule has 0 radical (unpaired) electrons. The van der Waals surface area contributed by atoms with E-state index in [9.17, 15) is 27.9 Å². The summed E-state index contributed by atoms with van der Waals surface area (Å²) < 4.78 is 38.6. The van der Waals surface area contributed by atoms with E-state index in [0.29, 0.717) is 11.4 Å². The number of nitrogens with zero attached hydrogens (tertiary/aromatic N) is 2. The molecule has 0 atom stereocenters. The lowest BCUT2D eigenvalue weighted by Gasteiger charge is -2.07. The Morgan fingerprint density at radius 1 is 1.12 bits per heavy atom. The molecular weight excluding hydrogens is 327 g/mol. The van der Waals surface area contributed by atoms with E-state index in [4.69, 9.17) is 0 Å². The average molecular weight is 340 g/mol. The molecule has 2 aromatic rings. The van der Waals surface area contributed by atoms with Crippen LogP contribution in [-0.4, -0.2) is 21.7 Å². The van der Waals surface area contributed by atoms with Crippen LogP contribution in [-0.2, 0) is 15.8 Å². The molecule has 0 saturated heterocycles. The number of halogens is 3.